The average molecular weight is 467 g/mol. The summed E-state index contributed by atoms with van der Waals surface area (Å²) in [5, 5.41) is 6.86. The van der Waals surface area contributed by atoms with Gasteiger partial charge in [-0.3, -0.25) is 4.79 Å². The van der Waals surface area contributed by atoms with E-state index in [4.69, 9.17) is 31.0 Å². The van der Waals surface area contributed by atoms with E-state index in [0.717, 1.165) is 12.0 Å². The molecule has 2 rings (SSSR count). The molecule has 0 fully saturated rings. The van der Waals surface area contributed by atoms with Crippen LogP contribution in [0.15, 0.2) is 34.9 Å². The second-order valence-corrected chi connectivity index (χ2v) is 8.45. The minimum Gasteiger partial charge on any atom is -0.473 e. The molecule has 0 saturated carbocycles. The Bertz CT molecular complexity index is 813. The van der Waals surface area contributed by atoms with Crippen LogP contribution in [0.25, 0.3) is 0 Å². The van der Waals surface area contributed by atoms with Gasteiger partial charge in [-0.05, 0) is 36.4 Å². The lowest BCUT2D eigenvalue weighted by Crippen LogP contribution is -2.31. The van der Waals surface area contributed by atoms with Crippen molar-refractivity contribution in [2.24, 2.45) is 5.92 Å². The number of carbonyl (C=O) groups excluding carboxylic acids is 1. The van der Waals surface area contributed by atoms with Gasteiger partial charge in [0.1, 0.15) is 13.2 Å². The van der Waals surface area contributed by atoms with Crippen molar-refractivity contribution in [3.8, 4) is 0 Å². The standard InChI is InChI=1S/C22H30N2O5S2/c1-4-10-26-12-16(2)11-23-21(25)20-18(14-28-22(30)31-3)19(29-24-20)15-27-13-17-8-6-5-7-9-17/h5-9,16H,4,10-15H2,1-3H3,(H,23,25). The number of rotatable bonds is 13. The van der Waals surface area contributed by atoms with Gasteiger partial charge < -0.3 is 24.1 Å². The van der Waals surface area contributed by atoms with Crippen molar-refractivity contribution in [3.05, 3.63) is 52.9 Å². The monoisotopic (exact) mass is 466 g/mol. The largest absolute Gasteiger partial charge is 0.473 e. The first-order valence-corrected chi connectivity index (χ1v) is 11.8. The summed E-state index contributed by atoms with van der Waals surface area (Å²) in [5.41, 5.74) is 1.77. The molecule has 2 aromatic rings. The van der Waals surface area contributed by atoms with E-state index >= 15 is 0 Å². The molecule has 31 heavy (non-hydrogen) atoms. The van der Waals surface area contributed by atoms with Crippen LogP contribution in [-0.4, -0.2) is 41.5 Å². The van der Waals surface area contributed by atoms with Crippen LogP contribution in [0.5, 0.6) is 0 Å². The Kier molecular flexibility index (Phi) is 11.6. The molecule has 1 unspecified atom stereocenters. The molecule has 9 heteroatoms. The third-order valence-corrected chi connectivity index (χ3v) is 5.36. The number of amides is 1. The van der Waals surface area contributed by atoms with Crippen molar-refractivity contribution in [2.75, 3.05) is 26.0 Å². The first-order valence-electron chi connectivity index (χ1n) is 10.2. The summed E-state index contributed by atoms with van der Waals surface area (Å²) in [4.78, 5) is 12.7. The smallest absolute Gasteiger partial charge is 0.273 e. The van der Waals surface area contributed by atoms with E-state index in [1.54, 1.807) is 0 Å². The first kappa shape index (κ1) is 25.3. The highest BCUT2D eigenvalue weighted by molar-refractivity contribution is 8.22. The van der Waals surface area contributed by atoms with Crippen molar-refractivity contribution in [1.29, 1.82) is 0 Å². The molecular formula is C22H30N2O5S2. The van der Waals surface area contributed by atoms with Crippen molar-refractivity contribution in [2.45, 2.75) is 40.1 Å². The van der Waals surface area contributed by atoms with Crippen LogP contribution in [0.1, 0.15) is 47.6 Å². The van der Waals surface area contributed by atoms with Gasteiger partial charge in [0, 0.05) is 13.2 Å². The van der Waals surface area contributed by atoms with Gasteiger partial charge in [-0.1, -0.05) is 61.1 Å². The number of aromatic nitrogens is 1. The van der Waals surface area contributed by atoms with E-state index in [1.807, 2.05) is 43.5 Å². The maximum Gasteiger partial charge on any atom is 0.273 e. The molecule has 1 heterocycles. The van der Waals surface area contributed by atoms with E-state index in [0.29, 0.717) is 42.1 Å². The summed E-state index contributed by atoms with van der Waals surface area (Å²) in [6.45, 7) is 6.52. The third kappa shape index (κ3) is 8.98. The maximum atomic E-state index is 12.7. The summed E-state index contributed by atoms with van der Waals surface area (Å²) in [7, 11) is 0. The Morgan fingerprint density at radius 1 is 1.23 bits per heavy atom. The summed E-state index contributed by atoms with van der Waals surface area (Å²) < 4.78 is 22.6. The normalized spacial score (nSPS) is 11.8. The van der Waals surface area contributed by atoms with Crippen LogP contribution in [0.3, 0.4) is 0 Å². The molecule has 170 valence electrons. The van der Waals surface area contributed by atoms with Crippen molar-refractivity contribution in [3.63, 3.8) is 0 Å². The Morgan fingerprint density at radius 3 is 2.71 bits per heavy atom. The third-order valence-electron chi connectivity index (χ3n) is 4.29. The molecule has 1 N–H and O–H groups in total. The minimum atomic E-state index is -0.325. The molecule has 0 aliphatic heterocycles. The predicted octanol–water partition coefficient (Wildman–Crippen LogP) is 4.35. The number of hydrogen-bond acceptors (Lipinski definition) is 8. The lowest BCUT2D eigenvalue weighted by atomic mass is 10.1. The SMILES string of the molecule is CCCOCC(C)CNC(=O)c1noc(COCc2ccccc2)c1COC(=S)SC. The number of carbonyl (C=O) groups is 1. The van der Waals surface area contributed by atoms with Crippen LogP contribution in [-0.2, 0) is 34.0 Å². The summed E-state index contributed by atoms with van der Waals surface area (Å²) >= 11 is 6.43. The Balaban J connectivity index is 1.99. The van der Waals surface area contributed by atoms with Gasteiger partial charge in [0.05, 0.1) is 18.8 Å². The van der Waals surface area contributed by atoms with Gasteiger partial charge in [0.25, 0.3) is 5.91 Å². The summed E-state index contributed by atoms with van der Waals surface area (Å²) in [6, 6.07) is 9.81. The lowest BCUT2D eigenvalue weighted by Gasteiger charge is -2.12. The highest BCUT2D eigenvalue weighted by Crippen LogP contribution is 2.19. The quantitative estimate of drug-likeness (QED) is 0.345. The zero-order valence-electron chi connectivity index (χ0n) is 18.2. The molecule has 0 bridgehead atoms. The van der Waals surface area contributed by atoms with E-state index in [-0.39, 0.29) is 30.7 Å². The Hall–Kier alpha value is -1.94. The zero-order valence-corrected chi connectivity index (χ0v) is 19.9. The molecule has 0 radical (unpaired) electrons. The first-order chi connectivity index (χ1) is 15.0. The zero-order chi connectivity index (χ0) is 22.5. The highest BCUT2D eigenvalue weighted by atomic mass is 32.2. The number of thiocarbonyl (C=S) groups is 1. The second-order valence-electron chi connectivity index (χ2n) is 7.04. The fourth-order valence-electron chi connectivity index (χ4n) is 2.65. The molecule has 1 aromatic carbocycles. The van der Waals surface area contributed by atoms with Crippen molar-refractivity contribution in [1.82, 2.24) is 10.5 Å². The molecule has 7 nitrogen and oxygen atoms in total. The Labute approximate surface area is 193 Å². The topological polar surface area (TPSA) is 82.8 Å². The molecule has 0 spiro atoms. The number of nitrogens with zero attached hydrogens (tertiary/aromatic N) is 1. The van der Waals surface area contributed by atoms with Gasteiger partial charge in [-0.15, -0.1) is 0 Å². The summed E-state index contributed by atoms with van der Waals surface area (Å²) in [6.07, 6.45) is 2.80. The molecule has 1 atom stereocenters. The predicted molar refractivity (Wildman–Crippen MR) is 125 cm³/mol. The van der Waals surface area contributed by atoms with Crippen LogP contribution < -0.4 is 5.32 Å². The Morgan fingerprint density at radius 2 is 2.00 bits per heavy atom. The van der Waals surface area contributed by atoms with E-state index < -0.39 is 0 Å². The molecule has 1 aromatic heterocycles. The van der Waals surface area contributed by atoms with Gasteiger partial charge in [0.2, 0.25) is 4.38 Å². The van der Waals surface area contributed by atoms with E-state index in [9.17, 15) is 4.79 Å². The van der Waals surface area contributed by atoms with Gasteiger partial charge in [0.15, 0.2) is 11.5 Å². The number of ether oxygens (including phenoxy) is 3. The number of thioether (sulfide) groups is 1. The van der Waals surface area contributed by atoms with Crippen molar-refractivity contribution < 1.29 is 23.5 Å². The van der Waals surface area contributed by atoms with Gasteiger partial charge in [-0.2, -0.15) is 0 Å². The second kappa shape index (κ2) is 14.2. The fraction of sp³-hybridized carbons (Fsp3) is 0.500. The molecule has 1 amide bonds. The van der Waals surface area contributed by atoms with Gasteiger partial charge in [-0.25, -0.2) is 0 Å². The fourth-order valence-corrected chi connectivity index (χ4v) is 2.88. The number of nitrogens with one attached hydrogen (secondary N) is 1. The van der Waals surface area contributed by atoms with E-state index in [1.165, 1.54) is 11.8 Å². The molecule has 0 aliphatic rings. The molecule has 0 aliphatic carbocycles. The average Bonchev–Trinajstić information content (AvgIpc) is 3.19. The van der Waals surface area contributed by atoms with Gasteiger partial charge >= 0.3 is 0 Å². The van der Waals surface area contributed by atoms with Crippen LogP contribution in [0.2, 0.25) is 0 Å². The molecule has 0 saturated heterocycles. The number of benzene rings is 1. The van der Waals surface area contributed by atoms with Crippen LogP contribution in [0.4, 0.5) is 0 Å². The van der Waals surface area contributed by atoms with E-state index in [2.05, 4.69) is 17.4 Å². The lowest BCUT2D eigenvalue weighted by molar-refractivity contribution is 0.0860. The van der Waals surface area contributed by atoms with Crippen LogP contribution in [0, 0.1) is 5.92 Å². The van der Waals surface area contributed by atoms with Crippen LogP contribution >= 0.6 is 24.0 Å². The minimum absolute atomic E-state index is 0.0884. The molecular weight excluding hydrogens is 436 g/mol. The maximum absolute atomic E-state index is 12.7. The van der Waals surface area contributed by atoms with Crippen molar-refractivity contribution >= 4 is 34.3 Å². The summed E-state index contributed by atoms with van der Waals surface area (Å²) in [5.74, 6) is 0.304. The number of hydrogen-bond donors (Lipinski definition) is 1. The highest BCUT2D eigenvalue weighted by Gasteiger charge is 2.23.